The summed E-state index contributed by atoms with van der Waals surface area (Å²) in [5.41, 5.74) is 4.53. The number of phenolic OH excluding ortho intramolecular Hbond substituents is 1. The number of furan rings is 1. The van der Waals surface area contributed by atoms with Gasteiger partial charge in [0.1, 0.15) is 11.3 Å². The molecule has 4 rings (SSSR count). The lowest BCUT2D eigenvalue weighted by Gasteiger charge is -2.27. The largest absolute Gasteiger partial charge is 0.508 e. The lowest BCUT2D eigenvalue weighted by atomic mass is 9.87. The van der Waals surface area contributed by atoms with Gasteiger partial charge in [-0.25, -0.2) is 0 Å². The second-order valence-corrected chi connectivity index (χ2v) is 5.96. The van der Waals surface area contributed by atoms with Crippen LogP contribution in [-0.2, 0) is 13.0 Å². The van der Waals surface area contributed by atoms with E-state index in [0.29, 0.717) is 11.8 Å². The van der Waals surface area contributed by atoms with Gasteiger partial charge in [-0.3, -0.25) is 0 Å². The molecule has 0 fully saturated rings. The van der Waals surface area contributed by atoms with E-state index in [1.165, 1.54) is 11.1 Å². The third kappa shape index (κ3) is 2.38. The van der Waals surface area contributed by atoms with Gasteiger partial charge in [-0.15, -0.1) is 0 Å². The molecular formula is C19H19NO2. The predicted octanol–water partition coefficient (Wildman–Crippen LogP) is 4.31. The van der Waals surface area contributed by atoms with Crippen molar-refractivity contribution in [1.29, 1.82) is 0 Å². The molecule has 1 atom stereocenters. The highest BCUT2D eigenvalue weighted by atomic mass is 16.3. The van der Waals surface area contributed by atoms with E-state index in [-0.39, 0.29) is 0 Å². The summed E-state index contributed by atoms with van der Waals surface area (Å²) in [5, 5.41) is 14.8. The molecule has 1 aliphatic carbocycles. The van der Waals surface area contributed by atoms with Gasteiger partial charge in [-0.05, 0) is 60.2 Å². The summed E-state index contributed by atoms with van der Waals surface area (Å²) in [6.07, 6.45) is 4.93. The number of benzene rings is 2. The number of nitrogens with one attached hydrogen (secondary N) is 1. The second-order valence-electron chi connectivity index (χ2n) is 5.96. The van der Waals surface area contributed by atoms with Crippen LogP contribution in [0.15, 0.2) is 53.1 Å². The van der Waals surface area contributed by atoms with Crippen molar-refractivity contribution in [2.45, 2.75) is 31.8 Å². The van der Waals surface area contributed by atoms with E-state index in [4.69, 9.17) is 4.42 Å². The van der Waals surface area contributed by atoms with Crippen molar-refractivity contribution >= 4 is 11.0 Å². The molecule has 2 N–H and O–H groups in total. The summed E-state index contributed by atoms with van der Waals surface area (Å²) in [4.78, 5) is 0. The monoisotopic (exact) mass is 293 g/mol. The third-order valence-corrected chi connectivity index (χ3v) is 4.55. The van der Waals surface area contributed by atoms with E-state index < -0.39 is 0 Å². The number of fused-ring (bicyclic) bond motifs is 2. The smallest absolute Gasteiger partial charge is 0.133 e. The molecule has 1 heterocycles. The zero-order chi connectivity index (χ0) is 14.9. The van der Waals surface area contributed by atoms with Gasteiger partial charge in [0.15, 0.2) is 0 Å². The van der Waals surface area contributed by atoms with Crippen LogP contribution in [0.1, 0.15) is 35.6 Å². The molecule has 0 saturated carbocycles. The summed E-state index contributed by atoms with van der Waals surface area (Å²) >= 11 is 0. The van der Waals surface area contributed by atoms with Crippen molar-refractivity contribution in [2.24, 2.45) is 0 Å². The van der Waals surface area contributed by atoms with E-state index in [1.807, 2.05) is 18.2 Å². The Balaban J connectivity index is 1.54. The van der Waals surface area contributed by atoms with Gasteiger partial charge in [-0.1, -0.05) is 18.2 Å². The molecule has 3 aromatic rings. The maximum absolute atomic E-state index is 10.0. The lowest BCUT2D eigenvalue weighted by Crippen LogP contribution is -2.24. The SMILES string of the molecule is Oc1cccc2c1CCC[C@@H]2NCc1ccc2occc2c1. The fourth-order valence-corrected chi connectivity index (χ4v) is 3.41. The molecule has 1 aliphatic rings. The van der Waals surface area contributed by atoms with Crippen LogP contribution in [0.3, 0.4) is 0 Å². The molecule has 0 radical (unpaired) electrons. The minimum Gasteiger partial charge on any atom is -0.508 e. The highest BCUT2D eigenvalue weighted by Gasteiger charge is 2.21. The van der Waals surface area contributed by atoms with E-state index in [0.717, 1.165) is 42.3 Å². The quantitative estimate of drug-likeness (QED) is 0.756. The van der Waals surface area contributed by atoms with Crippen LogP contribution in [0.25, 0.3) is 11.0 Å². The first-order valence-electron chi connectivity index (χ1n) is 7.81. The van der Waals surface area contributed by atoms with E-state index >= 15 is 0 Å². The van der Waals surface area contributed by atoms with Gasteiger partial charge in [-0.2, -0.15) is 0 Å². The third-order valence-electron chi connectivity index (χ3n) is 4.55. The average molecular weight is 293 g/mol. The van der Waals surface area contributed by atoms with Gasteiger partial charge in [0.2, 0.25) is 0 Å². The van der Waals surface area contributed by atoms with Crippen molar-refractivity contribution < 1.29 is 9.52 Å². The Morgan fingerprint density at radius 3 is 3.09 bits per heavy atom. The molecule has 22 heavy (non-hydrogen) atoms. The van der Waals surface area contributed by atoms with Gasteiger partial charge in [0.05, 0.1) is 6.26 Å². The van der Waals surface area contributed by atoms with Gasteiger partial charge in [0, 0.05) is 18.0 Å². The summed E-state index contributed by atoms with van der Waals surface area (Å²) in [5.74, 6) is 0.434. The van der Waals surface area contributed by atoms with Gasteiger partial charge >= 0.3 is 0 Å². The highest BCUT2D eigenvalue weighted by Crippen LogP contribution is 2.34. The minimum atomic E-state index is 0.316. The first kappa shape index (κ1) is 13.4. The Labute approximate surface area is 129 Å². The summed E-state index contributed by atoms with van der Waals surface area (Å²) in [6.45, 7) is 0.820. The lowest BCUT2D eigenvalue weighted by molar-refractivity contribution is 0.429. The number of aromatic hydroxyl groups is 1. The molecule has 0 spiro atoms. The van der Waals surface area contributed by atoms with Crippen molar-refractivity contribution in [3.05, 3.63) is 65.4 Å². The van der Waals surface area contributed by atoms with Crippen LogP contribution in [0.5, 0.6) is 5.75 Å². The van der Waals surface area contributed by atoms with Crippen molar-refractivity contribution in [1.82, 2.24) is 5.32 Å². The van der Waals surface area contributed by atoms with Gasteiger partial charge in [0.25, 0.3) is 0 Å². The van der Waals surface area contributed by atoms with Crippen LogP contribution in [0.2, 0.25) is 0 Å². The first-order chi connectivity index (χ1) is 10.8. The highest BCUT2D eigenvalue weighted by molar-refractivity contribution is 5.77. The van der Waals surface area contributed by atoms with E-state index in [9.17, 15) is 5.11 Å². The maximum Gasteiger partial charge on any atom is 0.133 e. The first-order valence-corrected chi connectivity index (χ1v) is 7.81. The Kier molecular flexibility index (Phi) is 3.35. The molecule has 0 saturated heterocycles. The number of rotatable bonds is 3. The molecule has 112 valence electrons. The standard InChI is InChI=1S/C19H19NO2/c21-18-6-2-3-15-16(18)4-1-5-17(15)20-12-13-7-8-19-14(11-13)9-10-22-19/h2-3,6-11,17,20-21H,1,4-5,12H2/t17-/m0/s1. The fraction of sp³-hybridized carbons (Fsp3) is 0.263. The minimum absolute atomic E-state index is 0.316. The molecule has 2 aromatic carbocycles. The van der Waals surface area contributed by atoms with Gasteiger partial charge < -0.3 is 14.8 Å². The molecule has 3 nitrogen and oxygen atoms in total. The Bertz CT molecular complexity index is 806. The zero-order valence-electron chi connectivity index (χ0n) is 12.4. The molecule has 0 amide bonds. The normalized spacial score (nSPS) is 17.5. The average Bonchev–Trinajstić information content (AvgIpc) is 3.01. The number of phenols is 1. The zero-order valence-corrected chi connectivity index (χ0v) is 12.4. The number of hydrogen-bond donors (Lipinski definition) is 2. The molecule has 1 aromatic heterocycles. The topological polar surface area (TPSA) is 45.4 Å². The molecule has 0 bridgehead atoms. The van der Waals surface area contributed by atoms with Crippen LogP contribution < -0.4 is 5.32 Å². The fourth-order valence-electron chi connectivity index (χ4n) is 3.41. The van der Waals surface area contributed by atoms with Crippen molar-refractivity contribution in [3.63, 3.8) is 0 Å². The molecule has 3 heteroatoms. The Morgan fingerprint density at radius 2 is 2.14 bits per heavy atom. The molecular weight excluding hydrogens is 274 g/mol. The van der Waals surface area contributed by atoms with Crippen LogP contribution in [0.4, 0.5) is 0 Å². The van der Waals surface area contributed by atoms with Crippen molar-refractivity contribution in [3.8, 4) is 5.75 Å². The predicted molar refractivity (Wildman–Crippen MR) is 86.8 cm³/mol. The molecule has 0 unspecified atom stereocenters. The Hall–Kier alpha value is -2.26. The van der Waals surface area contributed by atoms with Crippen LogP contribution in [-0.4, -0.2) is 5.11 Å². The summed E-state index contributed by atoms with van der Waals surface area (Å²) in [7, 11) is 0. The maximum atomic E-state index is 10.0. The number of hydrogen-bond acceptors (Lipinski definition) is 3. The Morgan fingerprint density at radius 1 is 1.18 bits per heavy atom. The van der Waals surface area contributed by atoms with Crippen molar-refractivity contribution in [2.75, 3.05) is 0 Å². The second kappa shape index (κ2) is 5.50. The van der Waals surface area contributed by atoms with E-state index in [2.05, 4.69) is 23.5 Å². The van der Waals surface area contributed by atoms with E-state index in [1.54, 1.807) is 12.3 Å². The van der Waals surface area contributed by atoms with Crippen LogP contribution >= 0.6 is 0 Å². The molecule has 0 aliphatic heterocycles. The summed E-state index contributed by atoms with van der Waals surface area (Å²) in [6, 6.07) is 14.4. The van der Waals surface area contributed by atoms with Crippen LogP contribution in [0, 0.1) is 0 Å². The summed E-state index contributed by atoms with van der Waals surface area (Å²) < 4.78 is 5.38.